The summed E-state index contributed by atoms with van der Waals surface area (Å²) in [5, 5.41) is 3.40. The Hall–Kier alpha value is -2.86. The molecule has 0 unspecified atom stereocenters. The molecule has 2 N–H and O–H groups in total. The minimum atomic E-state index is -0.605. The van der Waals surface area contributed by atoms with Crippen molar-refractivity contribution in [1.82, 2.24) is 4.98 Å². The fraction of sp³-hybridized carbons (Fsp3) is 0.111. The van der Waals surface area contributed by atoms with Crippen LogP contribution in [0.5, 0.6) is 0 Å². The summed E-state index contributed by atoms with van der Waals surface area (Å²) in [6.45, 7) is 1.73. The van der Waals surface area contributed by atoms with E-state index in [4.69, 9.17) is 11.6 Å². The number of hydrogen-bond donors (Lipinski definition) is 2. The molecule has 128 valence electrons. The van der Waals surface area contributed by atoms with E-state index in [9.17, 15) is 14.0 Å². The van der Waals surface area contributed by atoms with E-state index in [1.807, 2.05) is 0 Å². The average molecular weight is 361 g/mol. The van der Waals surface area contributed by atoms with E-state index in [2.05, 4.69) is 15.0 Å². The first kappa shape index (κ1) is 17.0. The summed E-state index contributed by atoms with van der Waals surface area (Å²) in [4.78, 5) is 27.4. The number of carbonyl (C=O) groups is 2. The second kappa shape index (κ2) is 6.57. The predicted molar refractivity (Wildman–Crippen MR) is 93.7 cm³/mol. The van der Waals surface area contributed by atoms with E-state index in [0.29, 0.717) is 27.8 Å². The number of halogens is 2. The first-order valence-corrected chi connectivity index (χ1v) is 7.75. The Bertz CT molecular complexity index is 997. The molecule has 1 heterocycles. The van der Waals surface area contributed by atoms with Gasteiger partial charge in [-0.15, -0.1) is 0 Å². The number of methoxy groups -OCH3 is 1. The highest BCUT2D eigenvalue weighted by atomic mass is 35.5. The number of fused-ring (bicyclic) bond motifs is 1. The van der Waals surface area contributed by atoms with Crippen LogP contribution < -0.4 is 5.32 Å². The maximum Gasteiger partial charge on any atom is 0.339 e. The number of aromatic nitrogens is 1. The number of anilines is 1. The van der Waals surface area contributed by atoms with Crippen LogP contribution in [0.4, 0.5) is 10.1 Å². The average Bonchev–Trinajstić information content (AvgIpc) is 2.91. The number of rotatable bonds is 3. The van der Waals surface area contributed by atoms with Gasteiger partial charge in [0, 0.05) is 22.3 Å². The van der Waals surface area contributed by atoms with Crippen molar-refractivity contribution in [2.24, 2.45) is 0 Å². The Morgan fingerprint density at radius 2 is 1.96 bits per heavy atom. The number of hydrogen-bond acceptors (Lipinski definition) is 3. The van der Waals surface area contributed by atoms with Crippen molar-refractivity contribution in [1.29, 1.82) is 0 Å². The molecule has 0 spiro atoms. The third kappa shape index (κ3) is 3.21. The molecule has 0 aliphatic heterocycles. The van der Waals surface area contributed by atoms with E-state index >= 15 is 0 Å². The van der Waals surface area contributed by atoms with Gasteiger partial charge >= 0.3 is 5.97 Å². The van der Waals surface area contributed by atoms with E-state index in [-0.39, 0.29) is 10.6 Å². The number of benzene rings is 2. The van der Waals surface area contributed by atoms with E-state index in [1.54, 1.807) is 19.1 Å². The Balaban J connectivity index is 1.97. The molecule has 0 aliphatic carbocycles. The van der Waals surface area contributed by atoms with E-state index < -0.39 is 17.7 Å². The highest BCUT2D eigenvalue weighted by molar-refractivity contribution is 6.33. The predicted octanol–water partition coefficient (Wildman–Crippen LogP) is 4.31. The van der Waals surface area contributed by atoms with Crippen molar-refractivity contribution >= 4 is 40.1 Å². The van der Waals surface area contributed by atoms with Crippen molar-refractivity contribution in [3.63, 3.8) is 0 Å². The highest BCUT2D eigenvalue weighted by Crippen LogP contribution is 2.26. The van der Waals surface area contributed by atoms with Gasteiger partial charge in [0.25, 0.3) is 5.91 Å². The fourth-order valence-electron chi connectivity index (χ4n) is 2.65. The third-order valence-electron chi connectivity index (χ3n) is 3.80. The molecule has 0 saturated carbocycles. The number of H-pyrrole nitrogens is 1. The first-order chi connectivity index (χ1) is 11.9. The van der Waals surface area contributed by atoms with Crippen LogP contribution in [-0.2, 0) is 4.74 Å². The van der Waals surface area contributed by atoms with Gasteiger partial charge in [-0.1, -0.05) is 11.6 Å². The fourth-order valence-corrected chi connectivity index (χ4v) is 2.85. The van der Waals surface area contributed by atoms with Gasteiger partial charge in [0.15, 0.2) is 0 Å². The van der Waals surface area contributed by atoms with Gasteiger partial charge in [0.05, 0.1) is 23.3 Å². The van der Waals surface area contributed by atoms with Crippen molar-refractivity contribution < 1.29 is 18.7 Å². The molecule has 0 fully saturated rings. The number of esters is 1. The SMILES string of the molecule is COC(=O)c1cc(NC(=O)c2c(C)[nH]c3ccc(F)cc23)ccc1Cl. The summed E-state index contributed by atoms with van der Waals surface area (Å²) >= 11 is 5.97. The Labute approximate surface area is 147 Å². The number of carbonyl (C=O) groups excluding carboxylic acids is 2. The van der Waals surface area contributed by atoms with Crippen LogP contribution in [0, 0.1) is 12.7 Å². The zero-order valence-corrected chi connectivity index (χ0v) is 14.2. The van der Waals surface area contributed by atoms with Gasteiger partial charge in [0.2, 0.25) is 0 Å². The standard InChI is InChI=1S/C18H14ClFN2O3/c1-9-16(13-7-10(20)3-6-15(13)21-9)17(23)22-11-4-5-14(19)12(8-11)18(24)25-2/h3-8,21H,1-2H3,(H,22,23). The quantitative estimate of drug-likeness (QED) is 0.684. The minimum absolute atomic E-state index is 0.142. The smallest absolute Gasteiger partial charge is 0.339 e. The number of nitrogens with one attached hydrogen (secondary N) is 2. The van der Waals surface area contributed by atoms with Gasteiger partial charge in [-0.05, 0) is 43.3 Å². The molecule has 7 heteroatoms. The molecule has 0 radical (unpaired) electrons. The molecule has 1 amide bonds. The van der Waals surface area contributed by atoms with Crippen molar-refractivity contribution in [2.75, 3.05) is 12.4 Å². The van der Waals surface area contributed by atoms with Crippen LogP contribution in [0.1, 0.15) is 26.4 Å². The summed E-state index contributed by atoms with van der Waals surface area (Å²) in [6, 6.07) is 8.68. The van der Waals surface area contributed by atoms with Crippen LogP contribution in [-0.4, -0.2) is 24.0 Å². The first-order valence-electron chi connectivity index (χ1n) is 7.37. The lowest BCUT2D eigenvalue weighted by atomic mass is 10.1. The van der Waals surface area contributed by atoms with Crippen LogP contribution in [0.15, 0.2) is 36.4 Å². The maximum atomic E-state index is 13.5. The lowest BCUT2D eigenvalue weighted by molar-refractivity contribution is 0.0600. The lowest BCUT2D eigenvalue weighted by Crippen LogP contribution is -2.13. The molecule has 0 saturated heterocycles. The Kier molecular flexibility index (Phi) is 4.46. The molecule has 0 bridgehead atoms. The summed E-state index contributed by atoms with van der Waals surface area (Å²) < 4.78 is 18.2. The van der Waals surface area contributed by atoms with Gasteiger partial charge in [-0.3, -0.25) is 4.79 Å². The van der Waals surface area contributed by atoms with Crippen molar-refractivity contribution in [2.45, 2.75) is 6.92 Å². The van der Waals surface area contributed by atoms with Crippen molar-refractivity contribution in [3.8, 4) is 0 Å². The molecular weight excluding hydrogens is 347 g/mol. The van der Waals surface area contributed by atoms with Gasteiger partial charge in [-0.25, -0.2) is 9.18 Å². The summed E-state index contributed by atoms with van der Waals surface area (Å²) in [6.07, 6.45) is 0. The molecule has 1 aromatic heterocycles. The number of amides is 1. The van der Waals surface area contributed by atoms with Crippen LogP contribution >= 0.6 is 11.6 Å². The maximum absolute atomic E-state index is 13.5. The molecule has 0 aliphatic rings. The summed E-state index contributed by atoms with van der Waals surface area (Å²) in [7, 11) is 1.24. The van der Waals surface area contributed by atoms with Crippen LogP contribution in [0.3, 0.4) is 0 Å². The molecule has 3 aromatic rings. The number of aryl methyl sites for hydroxylation is 1. The van der Waals surface area contributed by atoms with Gasteiger partial charge in [0.1, 0.15) is 5.82 Å². The summed E-state index contributed by atoms with van der Waals surface area (Å²) in [5.74, 6) is -1.46. The zero-order chi connectivity index (χ0) is 18.1. The number of aromatic amines is 1. The number of ether oxygens (including phenoxy) is 1. The Morgan fingerprint density at radius 3 is 2.68 bits per heavy atom. The molecule has 0 atom stereocenters. The van der Waals surface area contributed by atoms with Gasteiger partial charge in [-0.2, -0.15) is 0 Å². The minimum Gasteiger partial charge on any atom is -0.465 e. The highest BCUT2D eigenvalue weighted by Gasteiger charge is 2.18. The summed E-state index contributed by atoms with van der Waals surface area (Å²) in [5.41, 5.74) is 2.13. The normalized spacial score (nSPS) is 10.7. The Morgan fingerprint density at radius 1 is 1.20 bits per heavy atom. The molecular formula is C18H14ClFN2O3. The van der Waals surface area contributed by atoms with Crippen molar-refractivity contribution in [3.05, 3.63) is 64.1 Å². The molecule has 2 aromatic carbocycles. The van der Waals surface area contributed by atoms with E-state index in [0.717, 1.165) is 0 Å². The van der Waals surface area contributed by atoms with Crippen LogP contribution in [0.2, 0.25) is 5.02 Å². The molecule has 3 rings (SSSR count). The molecule has 5 nitrogen and oxygen atoms in total. The second-order valence-electron chi connectivity index (χ2n) is 5.46. The zero-order valence-electron chi connectivity index (χ0n) is 13.4. The third-order valence-corrected chi connectivity index (χ3v) is 4.13. The largest absolute Gasteiger partial charge is 0.465 e. The molecule has 25 heavy (non-hydrogen) atoms. The second-order valence-corrected chi connectivity index (χ2v) is 5.86. The monoisotopic (exact) mass is 360 g/mol. The van der Waals surface area contributed by atoms with Crippen LogP contribution in [0.25, 0.3) is 10.9 Å². The lowest BCUT2D eigenvalue weighted by Gasteiger charge is -2.08. The topological polar surface area (TPSA) is 71.2 Å². The van der Waals surface area contributed by atoms with E-state index in [1.165, 1.54) is 31.4 Å². The van der Waals surface area contributed by atoms with Gasteiger partial charge < -0.3 is 15.0 Å².